The molecule has 7 heteroatoms. The Bertz CT molecular complexity index is 1060. The van der Waals surface area contributed by atoms with Crippen LogP contribution in [0.1, 0.15) is 16.1 Å². The van der Waals surface area contributed by atoms with E-state index in [1.807, 2.05) is 47.3 Å². The minimum absolute atomic E-state index is 0.229. The molecule has 0 aliphatic carbocycles. The second-order valence-electron chi connectivity index (χ2n) is 6.19. The van der Waals surface area contributed by atoms with Crippen molar-refractivity contribution in [2.24, 2.45) is 0 Å². The van der Waals surface area contributed by atoms with Gasteiger partial charge < -0.3 is 9.88 Å². The van der Waals surface area contributed by atoms with Crippen LogP contribution in [0.4, 0.5) is 4.39 Å². The van der Waals surface area contributed by atoms with Crippen molar-refractivity contribution < 1.29 is 9.18 Å². The highest BCUT2D eigenvalue weighted by Gasteiger charge is 2.19. The smallest absolute Gasteiger partial charge is 0.256 e. The highest BCUT2D eigenvalue weighted by Crippen LogP contribution is 2.20. The Kier molecular flexibility index (Phi) is 4.97. The van der Waals surface area contributed by atoms with Gasteiger partial charge in [0, 0.05) is 37.3 Å². The van der Waals surface area contributed by atoms with Crippen LogP contribution in [-0.2, 0) is 6.42 Å². The lowest BCUT2D eigenvalue weighted by Gasteiger charge is -2.11. The van der Waals surface area contributed by atoms with Crippen LogP contribution in [0.5, 0.6) is 0 Å². The van der Waals surface area contributed by atoms with Gasteiger partial charge >= 0.3 is 0 Å². The summed E-state index contributed by atoms with van der Waals surface area (Å²) in [4.78, 5) is 17.0. The first-order valence-corrected chi connectivity index (χ1v) is 8.88. The number of hydrogen-bond donors (Lipinski definition) is 1. The van der Waals surface area contributed by atoms with Crippen molar-refractivity contribution in [1.82, 2.24) is 24.6 Å². The summed E-state index contributed by atoms with van der Waals surface area (Å²) < 4.78 is 16.7. The lowest BCUT2D eigenvalue weighted by atomic mass is 10.2. The van der Waals surface area contributed by atoms with Gasteiger partial charge in [0.25, 0.3) is 5.91 Å². The van der Waals surface area contributed by atoms with Crippen LogP contribution in [0.3, 0.4) is 0 Å². The molecule has 0 atom stereocenters. The van der Waals surface area contributed by atoms with Crippen molar-refractivity contribution >= 4 is 5.91 Å². The fourth-order valence-electron chi connectivity index (χ4n) is 2.94. The number of benzene rings is 1. The fourth-order valence-corrected chi connectivity index (χ4v) is 2.94. The van der Waals surface area contributed by atoms with E-state index in [0.717, 1.165) is 5.69 Å². The zero-order chi connectivity index (χ0) is 19.3. The topological polar surface area (TPSA) is 64.7 Å². The molecule has 3 aromatic heterocycles. The molecule has 0 spiro atoms. The lowest BCUT2D eigenvalue weighted by Crippen LogP contribution is -2.26. The van der Waals surface area contributed by atoms with Gasteiger partial charge in [-0.15, -0.1) is 0 Å². The maximum atomic E-state index is 13.3. The summed E-state index contributed by atoms with van der Waals surface area (Å²) in [6.45, 7) is 0.461. The molecule has 0 saturated carbocycles. The number of nitrogens with one attached hydrogen (secondary N) is 1. The maximum Gasteiger partial charge on any atom is 0.256 e. The summed E-state index contributed by atoms with van der Waals surface area (Å²) in [6, 6.07) is 15.4. The van der Waals surface area contributed by atoms with Crippen LogP contribution < -0.4 is 5.32 Å². The van der Waals surface area contributed by atoms with E-state index in [2.05, 4.69) is 15.4 Å². The normalized spacial score (nSPS) is 10.8. The Hall–Kier alpha value is -3.74. The monoisotopic (exact) mass is 375 g/mol. The summed E-state index contributed by atoms with van der Waals surface area (Å²) in [6.07, 6.45) is 7.56. The van der Waals surface area contributed by atoms with E-state index in [1.165, 1.54) is 18.3 Å². The van der Waals surface area contributed by atoms with Gasteiger partial charge in [-0.2, -0.15) is 5.10 Å². The summed E-state index contributed by atoms with van der Waals surface area (Å²) in [5.41, 5.74) is 2.01. The number of nitrogens with zero attached hydrogens (tertiary/aromatic N) is 4. The van der Waals surface area contributed by atoms with Crippen molar-refractivity contribution in [2.75, 3.05) is 6.54 Å². The zero-order valence-corrected chi connectivity index (χ0v) is 15.0. The third-order valence-electron chi connectivity index (χ3n) is 4.30. The van der Waals surface area contributed by atoms with Crippen LogP contribution in [0.25, 0.3) is 11.5 Å². The van der Waals surface area contributed by atoms with Gasteiger partial charge in [0.2, 0.25) is 0 Å². The Morgan fingerprint density at radius 2 is 1.82 bits per heavy atom. The van der Waals surface area contributed by atoms with Gasteiger partial charge in [-0.1, -0.05) is 6.07 Å². The van der Waals surface area contributed by atoms with Gasteiger partial charge in [0.1, 0.15) is 11.4 Å². The molecule has 3 heterocycles. The van der Waals surface area contributed by atoms with E-state index in [9.17, 15) is 9.18 Å². The quantitative estimate of drug-likeness (QED) is 0.563. The SMILES string of the molecule is O=C(NCCc1ccccn1)c1cnn(-c2ccc(F)cc2)c1-n1cccc1. The second kappa shape index (κ2) is 7.87. The minimum Gasteiger partial charge on any atom is -0.351 e. The molecule has 0 bridgehead atoms. The molecule has 4 rings (SSSR count). The average molecular weight is 375 g/mol. The highest BCUT2D eigenvalue weighted by molar-refractivity contribution is 5.97. The molecule has 140 valence electrons. The Morgan fingerprint density at radius 3 is 2.54 bits per heavy atom. The van der Waals surface area contributed by atoms with Crippen molar-refractivity contribution in [1.29, 1.82) is 0 Å². The van der Waals surface area contributed by atoms with Crippen LogP contribution in [0.15, 0.2) is 79.4 Å². The Balaban J connectivity index is 1.60. The number of amides is 1. The first kappa shape index (κ1) is 17.7. The van der Waals surface area contributed by atoms with Gasteiger partial charge in [0.15, 0.2) is 5.82 Å². The lowest BCUT2D eigenvalue weighted by molar-refractivity contribution is 0.0954. The number of aromatic nitrogens is 4. The molecule has 4 aromatic rings. The summed E-state index contributed by atoms with van der Waals surface area (Å²) in [5, 5.41) is 7.28. The Morgan fingerprint density at radius 1 is 1.04 bits per heavy atom. The van der Waals surface area contributed by atoms with Crippen LogP contribution in [0, 0.1) is 5.82 Å². The van der Waals surface area contributed by atoms with Crippen molar-refractivity contribution in [3.05, 3.63) is 96.5 Å². The molecule has 0 unspecified atom stereocenters. The van der Waals surface area contributed by atoms with Crippen LogP contribution in [-0.4, -0.2) is 31.8 Å². The van der Waals surface area contributed by atoms with E-state index in [1.54, 1.807) is 23.0 Å². The van der Waals surface area contributed by atoms with Crippen molar-refractivity contribution in [3.8, 4) is 11.5 Å². The molecule has 0 aliphatic heterocycles. The largest absolute Gasteiger partial charge is 0.351 e. The van der Waals surface area contributed by atoms with E-state index >= 15 is 0 Å². The summed E-state index contributed by atoms with van der Waals surface area (Å²) >= 11 is 0. The van der Waals surface area contributed by atoms with Gasteiger partial charge in [0.05, 0.1) is 11.9 Å². The van der Waals surface area contributed by atoms with Crippen LogP contribution >= 0.6 is 0 Å². The van der Waals surface area contributed by atoms with Gasteiger partial charge in [-0.25, -0.2) is 9.07 Å². The van der Waals surface area contributed by atoms with Crippen LogP contribution in [0.2, 0.25) is 0 Å². The van der Waals surface area contributed by atoms with Gasteiger partial charge in [-0.3, -0.25) is 9.78 Å². The van der Waals surface area contributed by atoms with E-state index in [-0.39, 0.29) is 11.7 Å². The maximum absolute atomic E-state index is 13.3. The van der Waals surface area contributed by atoms with Crippen molar-refractivity contribution in [3.63, 3.8) is 0 Å². The Labute approximate surface area is 161 Å². The number of halogens is 1. The minimum atomic E-state index is -0.328. The number of pyridine rings is 1. The molecule has 1 amide bonds. The summed E-state index contributed by atoms with van der Waals surface area (Å²) in [7, 11) is 0. The van der Waals surface area contributed by atoms with E-state index < -0.39 is 0 Å². The second-order valence-corrected chi connectivity index (χ2v) is 6.19. The molecule has 0 saturated heterocycles. The van der Waals surface area contributed by atoms with Crippen molar-refractivity contribution in [2.45, 2.75) is 6.42 Å². The molecule has 1 aromatic carbocycles. The highest BCUT2D eigenvalue weighted by atomic mass is 19.1. The molecule has 0 radical (unpaired) electrons. The summed E-state index contributed by atoms with van der Waals surface area (Å²) in [5.74, 6) is 0.0332. The van der Waals surface area contributed by atoms with E-state index in [4.69, 9.17) is 0 Å². The van der Waals surface area contributed by atoms with Gasteiger partial charge in [-0.05, 0) is 48.5 Å². The molecular weight excluding hydrogens is 357 g/mol. The predicted octanol–water partition coefficient (Wildman–Crippen LogP) is 3.17. The molecule has 0 aliphatic rings. The van der Waals surface area contributed by atoms with E-state index in [0.29, 0.717) is 30.0 Å². The average Bonchev–Trinajstić information content (AvgIpc) is 3.39. The standard InChI is InChI=1S/C21H18FN5O/c22-16-6-8-18(9-7-16)27-21(26-13-3-4-14-26)19(15-25-27)20(28)24-12-10-17-5-1-2-11-23-17/h1-9,11,13-15H,10,12H2,(H,24,28). The predicted molar refractivity (Wildman–Crippen MR) is 103 cm³/mol. The number of hydrogen-bond acceptors (Lipinski definition) is 3. The molecule has 1 N–H and O–H groups in total. The fraction of sp³-hybridized carbons (Fsp3) is 0.0952. The third-order valence-corrected chi connectivity index (χ3v) is 4.30. The molecule has 0 fully saturated rings. The number of carbonyl (C=O) groups is 1. The molecule has 6 nitrogen and oxygen atoms in total. The first-order valence-electron chi connectivity index (χ1n) is 8.88. The zero-order valence-electron chi connectivity index (χ0n) is 15.0. The first-order chi connectivity index (χ1) is 13.7. The third kappa shape index (κ3) is 3.68. The molecular formula is C21H18FN5O. The number of rotatable bonds is 6. The molecule has 28 heavy (non-hydrogen) atoms. The number of carbonyl (C=O) groups excluding carboxylic acids is 1.